The Hall–Kier alpha value is -2.65. The minimum atomic E-state index is -0.310. The highest BCUT2D eigenvalue weighted by atomic mass is 16.5. The van der Waals surface area contributed by atoms with Gasteiger partial charge in [-0.05, 0) is 30.9 Å². The molecule has 0 spiro atoms. The monoisotopic (exact) mass is 461 g/mol. The molecular formula is C24H35N3O6. The second kappa shape index (κ2) is 11.5. The Kier molecular flexibility index (Phi) is 8.68. The van der Waals surface area contributed by atoms with Crippen LogP contribution in [0.2, 0.25) is 0 Å². The van der Waals surface area contributed by atoms with E-state index >= 15 is 0 Å². The number of anilines is 1. The summed E-state index contributed by atoms with van der Waals surface area (Å²) in [6.45, 7) is 2.74. The van der Waals surface area contributed by atoms with Gasteiger partial charge in [-0.2, -0.15) is 0 Å². The molecule has 9 nitrogen and oxygen atoms in total. The van der Waals surface area contributed by atoms with Crippen LogP contribution < -0.4 is 10.1 Å². The number of carbonyl (C=O) groups is 3. The molecule has 1 aromatic carbocycles. The molecule has 2 atom stereocenters. The molecule has 1 aliphatic carbocycles. The molecule has 9 heteroatoms. The van der Waals surface area contributed by atoms with Gasteiger partial charge in [-0.3, -0.25) is 19.3 Å². The predicted octanol–water partition coefficient (Wildman–Crippen LogP) is 1.67. The van der Waals surface area contributed by atoms with E-state index in [4.69, 9.17) is 14.6 Å². The number of hydrogen-bond acceptors (Lipinski definition) is 6. The van der Waals surface area contributed by atoms with Gasteiger partial charge in [-0.1, -0.05) is 31.4 Å². The Morgan fingerprint density at radius 3 is 2.52 bits per heavy atom. The lowest BCUT2D eigenvalue weighted by molar-refractivity contribution is -0.136. The van der Waals surface area contributed by atoms with Gasteiger partial charge in [0.1, 0.15) is 5.75 Å². The van der Waals surface area contributed by atoms with Crippen LogP contribution in [0.1, 0.15) is 32.1 Å². The SMILES string of the molecule is COc1ccccc1NC(=O)CN1C[C@H]2CN(C(=O)C3CCCCC3)C[C@@]2(CO)C1.O=CO. The standard InChI is InChI=1S/C23H33N3O4.CH2O2/c1-30-20-10-6-5-9-19(20)24-21(28)13-25-11-18-12-26(15-23(18,14-25)16-27)22(29)17-7-3-2-4-8-17;2-1-3/h5-6,9-10,17-18,27H,2-4,7-8,11-16H2,1H3,(H,24,28);1H,(H,2,3)/t18-,23+;/m0./s1. The number of nitrogens with zero attached hydrogens (tertiary/aromatic N) is 2. The van der Waals surface area contributed by atoms with E-state index < -0.39 is 0 Å². The van der Waals surface area contributed by atoms with E-state index in [1.165, 1.54) is 6.42 Å². The van der Waals surface area contributed by atoms with Crippen molar-refractivity contribution >= 4 is 24.0 Å². The molecule has 182 valence electrons. The summed E-state index contributed by atoms with van der Waals surface area (Å²) in [4.78, 5) is 38.0. The smallest absolute Gasteiger partial charge is 0.290 e. The summed E-state index contributed by atoms with van der Waals surface area (Å²) in [6, 6.07) is 7.35. The van der Waals surface area contributed by atoms with E-state index in [0.29, 0.717) is 31.1 Å². The van der Waals surface area contributed by atoms with Crippen molar-refractivity contribution in [3.05, 3.63) is 24.3 Å². The van der Waals surface area contributed by atoms with E-state index in [1.807, 2.05) is 29.2 Å². The van der Waals surface area contributed by atoms with Crippen molar-refractivity contribution in [3.63, 3.8) is 0 Å². The van der Waals surface area contributed by atoms with Crippen LogP contribution in [0.5, 0.6) is 5.75 Å². The van der Waals surface area contributed by atoms with Gasteiger partial charge in [-0.15, -0.1) is 0 Å². The third kappa shape index (κ3) is 5.83. The van der Waals surface area contributed by atoms with Crippen LogP contribution in [0.15, 0.2) is 24.3 Å². The molecule has 0 bridgehead atoms. The van der Waals surface area contributed by atoms with E-state index in [1.54, 1.807) is 7.11 Å². The fourth-order valence-corrected chi connectivity index (χ4v) is 5.55. The Labute approximate surface area is 194 Å². The maximum absolute atomic E-state index is 13.0. The third-order valence-electron chi connectivity index (χ3n) is 7.16. The Morgan fingerprint density at radius 2 is 1.88 bits per heavy atom. The second-order valence-corrected chi connectivity index (χ2v) is 9.29. The molecule has 3 fully saturated rings. The van der Waals surface area contributed by atoms with Crippen molar-refractivity contribution in [2.75, 3.05) is 51.8 Å². The molecule has 0 unspecified atom stereocenters. The van der Waals surface area contributed by atoms with Crippen LogP contribution in [0.3, 0.4) is 0 Å². The number of aliphatic hydroxyl groups is 1. The number of methoxy groups -OCH3 is 1. The van der Waals surface area contributed by atoms with Crippen LogP contribution in [-0.4, -0.2) is 84.7 Å². The van der Waals surface area contributed by atoms with Gasteiger partial charge in [-0.25, -0.2) is 0 Å². The number of aliphatic hydroxyl groups excluding tert-OH is 1. The minimum Gasteiger partial charge on any atom is -0.495 e. The molecule has 1 aromatic rings. The number of rotatable bonds is 6. The number of carbonyl (C=O) groups excluding carboxylic acids is 2. The summed E-state index contributed by atoms with van der Waals surface area (Å²) in [5.74, 6) is 1.19. The molecule has 2 aliphatic heterocycles. The number of amides is 2. The van der Waals surface area contributed by atoms with Crippen LogP contribution in [0.4, 0.5) is 5.69 Å². The first-order chi connectivity index (χ1) is 16.0. The number of fused-ring (bicyclic) bond motifs is 1. The quantitative estimate of drug-likeness (QED) is 0.551. The van der Waals surface area contributed by atoms with Crippen LogP contribution in [0.25, 0.3) is 0 Å². The van der Waals surface area contributed by atoms with E-state index in [9.17, 15) is 14.7 Å². The van der Waals surface area contributed by atoms with Gasteiger partial charge >= 0.3 is 0 Å². The second-order valence-electron chi connectivity index (χ2n) is 9.29. The Bertz CT molecular complexity index is 828. The zero-order chi connectivity index (χ0) is 23.8. The Balaban J connectivity index is 0.000000968. The highest BCUT2D eigenvalue weighted by molar-refractivity contribution is 5.93. The zero-order valence-electron chi connectivity index (χ0n) is 19.2. The Morgan fingerprint density at radius 1 is 1.18 bits per heavy atom. The number of hydrogen-bond donors (Lipinski definition) is 3. The van der Waals surface area contributed by atoms with Crippen molar-refractivity contribution in [2.45, 2.75) is 32.1 Å². The van der Waals surface area contributed by atoms with Gasteiger partial charge in [0, 0.05) is 37.5 Å². The van der Waals surface area contributed by atoms with Gasteiger partial charge in [0.25, 0.3) is 6.47 Å². The fraction of sp³-hybridized carbons (Fsp3) is 0.625. The lowest BCUT2D eigenvalue weighted by Gasteiger charge is -2.30. The van der Waals surface area contributed by atoms with Crippen LogP contribution in [-0.2, 0) is 14.4 Å². The average molecular weight is 462 g/mol. The molecule has 1 saturated carbocycles. The lowest BCUT2D eigenvalue weighted by Crippen LogP contribution is -2.42. The van der Waals surface area contributed by atoms with Crippen LogP contribution in [0, 0.1) is 17.3 Å². The summed E-state index contributed by atoms with van der Waals surface area (Å²) in [5, 5.41) is 20.0. The molecule has 2 saturated heterocycles. The highest BCUT2D eigenvalue weighted by Crippen LogP contribution is 2.43. The van der Waals surface area contributed by atoms with Crippen molar-refractivity contribution in [3.8, 4) is 5.75 Å². The molecule has 2 amide bonds. The maximum atomic E-state index is 13.0. The van der Waals surface area contributed by atoms with E-state index in [2.05, 4.69) is 10.2 Å². The normalized spacial score (nSPS) is 25.0. The molecule has 3 N–H and O–H groups in total. The number of nitrogens with one attached hydrogen (secondary N) is 1. The minimum absolute atomic E-state index is 0.0523. The maximum Gasteiger partial charge on any atom is 0.290 e. The number of likely N-dealkylation sites (tertiary alicyclic amines) is 2. The van der Waals surface area contributed by atoms with Crippen molar-refractivity contribution in [1.29, 1.82) is 0 Å². The number of benzene rings is 1. The molecule has 0 radical (unpaired) electrons. The molecule has 2 heterocycles. The molecule has 33 heavy (non-hydrogen) atoms. The van der Waals surface area contributed by atoms with E-state index in [-0.39, 0.29) is 48.7 Å². The molecule has 3 aliphatic rings. The van der Waals surface area contributed by atoms with Gasteiger partial charge in [0.15, 0.2) is 0 Å². The molecule has 4 rings (SSSR count). The van der Waals surface area contributed by atoms with Gasteiger partial charge in [0.05, 0.1) is 25.9 Å². The van der Waals surface area contributed by atoms with Crippen molar-refractivity contribution < 1.29 is 29.3 Å². The van der Waals surface area contributed by atoms with Crippen molar-refractivity contribution in [2.24, 2.45) is 17.3 Å². The molecule has 0 aromatic heterocycles. The largest absolute Gasteiger partial charge is 0.495 e. The first-order valence-electron chi connectivity index (χ1n) is 11.6. The average Bonchev–Trinajstić information content (AvgIpc) is 3.34. The summed E-state index contributed by atoms with van der Waals surface area (Å²) >= 11 is 0. The van der Waals surface area contributed by atoms with Gasteiger partial charge < -0.3 is 25.2 Å². The number of ether oxygens (including phenoxy) is 1. The fourth-order valence-electron chi connectivity index (χ4n) is 5.55. The lowest BCUT2D eigenvalue weighted by atomic mass is 9.82. The first-order valence-corrected chi connectivity index (χ1v) is 11.6. The van der Waals surface area contributed by atoms with Gasteiger partial charge in [0.2, 0.25) is 11.8 Å². The van der Waals surface area contributed by atoms with E-state index in [0.717, 1.165) is 32.2 Å². The zero-order valence-corrected chi connectivity index (χ0v) is 19.2. The topological polar surface area (TPSA) is 119 Å². The summed E-state index contributed by atoms with van der Waals surface area (Å²) in [7, 11) is 1.58. The third-order valence-corrected chi connectivity index (χ3v) is 7.16. The number of para-hydroxylation sites is 2. The summed E-state index contributed by atoms with van der Waals surface area (Å²) in [6.07, 6.45) is 5.53. The predicted molar refractivity (Wildman–Crippen MR) is 123 cm³/mol. The van der Waals surface area contributed by atoms with Crippen molar-refractivity contribution in [1.82, 2.24) is 9.80 Å². The summed E-state index contributed by atoms with van der Waals surface area (Å²) in [5.41, 5.74) is 0.347. The summed E-state index contributed by atoms with van der Waals surface area (Å²) < 4.78 is 5.30. The number of carboxylic acid groups (broad SMARTS) is 1. The first kappa shape index (κ1) is 25.0. The molecular weight excluding hydrogens is 426 g/mol. The van der Waals surface area contributed by atoms with Crippen LogP contribution >= 0.6 is 0 Å². The highest BCUT2D eigenvalue weighted by Gasteiger charge is 2.53.